The van der Waals surface area contributed by atoms with Crippen molar-refractivity contribution in [1.82, 2.24) is 0 Å². The van der Waals surface area contributed by atoms with Crippen LogP contribution >= 0.6 is 11.3 Å². The summed E-state index contributed by atoms with van der Waals surface area (Å²) in [5.74, 6) is 1.52. The van der Waals surface area contributed by atoms with E-state index in [0.29, 0.717) is 29.4 Å². The molecule has 3 nitrogen and oxygen atoms in total. The molecule has 0 radical (unpaired) electrons. The summed E-state index contributed by atoms with van der Waals surface area (Å²) < 4.78 is 11.8. The minimum absolute atomic E-state index is 0.0844. The molecule has 0 aliphatic carbocycles. The van der Waals surface area contributed by atoms with Crippen LogP contribution in [0.2, 0.25) is 0 Å². The number of benzene rings is 2. The number of thiophene rings is 1. The molecule has 2 aromatic carbocycles. The number of carbonyl (C=O) groups excluding carboxylic acids is 1. The molecule has 0 amide bonds. The number of hydrogen-bond donors (Lipinski definition) is 0. The lowest BCUT2D eigenvalue weighted by atomic mass is 10.1. The zero-order valence-electron chi connectivity index (χ0n) is 15.5. The van der Waals surface area contributed by atoms with Crippen molar-refractivity contribution >= 4 is 23.2 Å². The van der Waals surface area contributed by atoms with Gasteiger partial charge in [-0.3, -0.25) is 4.79 Å². The predicted octanol–water partition coefficient (Wildman–Crippen LogP) is 5.87. The lowest BCUT2D eigenvalue weighted by molar-refractivity contribution is 0.101. The summed E-state index contributed by atoms with van der Waals surface area (Å²) in [4.78, 5) is 13.6. The van der Waals surface area contributed by atoms with Gasteiger partial charge in [0, 0.05) is 17.0 Å². The number of carbonyl (C=O) groups is 1. The number of hydrogen-bond acceptors (Lipinski definition) is 4. The zero-order valence-corrected chi connectivity index (χ0v) is 16.4. The molecule has 136 valence electrons. The molecule has 4 heteroatoms. The standard InChI is InChI=1S/C23H20O3S/c1-14-4-5-15(2)17(10-14)13-25-18-6-7-19-20(11-18)26-21(23(19)24)12-22-16(3)8-9-27-22/h4-12H,13H2,1-3H3/b21-12+. The molecule has 0 fully saturated rings. The second kappa shape index (κ2) is 7.05. The van der Waals surface area contributed by atoms with Gasteiger partial charge in [0.1, 0.15) is 18.1 Å². The minimum atomic E-state index is -0.0844. The Bertz CT molecular complexity index is 1060. The lowest BCUT2D eigenvalue weighted by Gasteiger charge is -2.10. The van der Waals surface area contributed by atoms with Gasteiger partial charge in [-0.15, -0.1) is 11.3 Å². The molecule has 0 spiro atoms. The third-order valence-corrected chi connectivity index (χ3v) is 5.67. The van der Waals surface area contributed by atoms with Gasteiger partial charge in [-0.25, -0.2) is 0 Å². The molecule has 4 rings (SSSR count). The van der Waals surface area contributed by atoms with E-state index >= 15 is 0 Å². The van der Waals surface area contributed by atoms with Crippen molar-refractivity contribution in [2.24, 2.45) is 0 Å². The smallest absolute Gasteiger partial charge is 0.232 e. The fourth-order valence-electron chi connectivity index (χ4n) is 3.03. The molecule has 0 atom stereocenters. The van der Waals surface area contributed by atoms with Crippen LogP contribution in [0.3, 0.4) is 0 Å². The summed E-state index contributed by atoms with van der Waals surface area (Å²) in [6, 6.07) is 13.7. The SMILES string of the molecule is Cc1ccc(C)c(COc2ccc3c(c2)O/C(=C/c2sccc2C)C3=O)c1. The van der Waals surface area contributed by atoms with Gasteiger partial charge in [-0.1, -0.05) is 23.8 Å². The number of Topliss-reactive ketones (excluding diaryl/α,β-unsaturated/α-hetero) is 1. The van der Waals surface area contributed by atoms with E-state index in [0.717, 1.165) is 16.0 Å². The van der Waals surface area contributed by atoms with Crippen LogP contribution in [-0.2, 0) is 6.61 Å². The Labute approximate surface area is 162 Å². The topological polar surface area (TPSA) is 35.5 Å². The van der Waals surface area contributed by atoms with Crippen molar-refractivity contribution in [3.63, 3.8) is 0 Å². The van der Waals surface area contributed by atoms with Crippen LogP contribution in [-0.4, -0.2) is 5.78 Å². The van der Waals surface area contributed by atoms with Crippen LogP contribution in [0, 0.1) is 20.8 Å². The van der Waals surface area contributed by atoms with E-state index in [1.54, 1.807) is 23.5 Å². The first kappa shape index (κ1) is 17.6. The molecule has 0 unspecified atom stereocenters. The third-order valence-electron chi connectivity index (χ3n) is 4.70. The Kier molecular flexibility index (Phi) is 4.58. The van der Waals surface area contributed by atoms with E-state index < -0.39 is 0 Å². The fourth-order valence-corrected chi connectivity index (χ4v) is 3.87. The number of aryl methyl sites for hydroxylation is 3. The largest absolute Gasteiger partial charge is 0.489 e. The lowest BCUT2D eigenvalue weighted by Crippen LogP contribution is -1.99. The van der Waals surface area contributed by atoms with Crippen LogP contribution < -0.4 is 9.47 Å². The molecule has 1 aliphatic rings. The Morgan fingerprint density at radius 3 is 2.67 bits per heavy atom. The van der Waals surface area contributed by atoms with Gasteiger partial charge in [-0.05, 0) is 61.0 Å². The molecule has 0 N–H and O–H groups in total. The highest BCUT2D eigenvalue weighted by Crippen LogP contribution is 2.35. The second-order valence-corrected chi connectivity index (χ2v) is 7.73. The summed E-state index contributed by atoms with van der Waals surface area (Å²) in [5, 5.41) is 2.01. The molecule has 0 saturated heterocycles. The molecule has 1 aliphatic heterocycles. The molecule has 3 aromatic rings. The first-order chi connectivity index (χ1) is 13.0. The number of ether oxygens (including phenoxy) is 2. The van der Waals surface area contributed by atoms with Gasteiger partial charge >= 0.3 is 0 Å². The molecule has 2 heterocycles. The number of allylic oxidation sites excluding steroid dienone is 1. The summed E-state index contributed by atoms with van der Waals surface area (Å²) in [5.41, 5.74) is 5.28. The second-order valence-electron chi connectivity index (χ2n) is 6.78. The van der Waals surface area contributed by atoms with Gasteiger partial charge in [0.25, 0.3) is 0 Å². The Hall–Kier alpha value is -2.85. The maximum absolute atomic E-state index is 12.6. The van der Waals surface area contributed by atoms with Crippen molar-refractivity contribution in [2.75, 3.05) is 0 Å². The highest BCUT2D eigenvalue weighted by Gasteiger charge is 2.28. The summed E-state index contributed by atoms with van der Waals surface area (Å²) >= 11 is 1.60. The van der Waals surface area contributed by atoms with Crippen molar-refractivity contribution in [2.45, 2.75) is 27.4 Å². The fraction of sp³-hybridized carbons (Fsp3) is 0.174. The summed E-state index contributed by atoms with van der Waals surface area (Å²) in [6.07, 6.45) is 1.82. The molecule has 0 saturated carbocycles. The maximum atomic E-state index is 12.6. The van der Waals surface area contributed by atoms with E-state index in [1.165, 1.54) is 11.1 Å². The molecule has 1 aromatic heterocycles. The molecular weight excluding hydrogens is 356 g/mol. The van der Waals surface area contributed by atoms with Crippen molar-refractivity contribution in [1.29, 1.82) is 0 Å². The first-order valence-corrected chi connectivity index (χ1v) is 9.70. The van der Waals surface area contributed by atoms with Gasteiger partial charge < -0.3 is 9.47 Å². The van der Waals surface area contributed by atoms with Crippen LogP contribution in [0.4, 0.5) is 0 Å². The Morgan fingerprint density at radius 1 is 1.04 bits per heavy atom. The first-order valence-electron chi connectivity index (χ1n) is 8.82. The zero-order chi connectivity index (χ0) is 19.0. The average molecular weight is 376 g/mol. The highest BCUT2D eigenvalue weighted by molar-refractivity contribution is 7.11. The van der Waals surface area contributed by atoms with Crippen molar-refractivity contribution < 1.29 is 14.3 Å². The van der Waals surface area contributed by atoms with Crippen LogP contribution in [0.15, 0.2) is 53.6 Å². The van der Waals surface area contributed by atoms with Crippen molar-refractivity contribution in [3.05, 3.63) is 86.3 Å². The van der Waals surface area contributed by atoms with E-state index in [9.17, 15) is 4.79 Å². The van der Waals surface area contributed by atoms with Crippen LogP contribution in [0.25, 0.3) is 6.08 Å². The van der Waals surface area contributed by atoms with E-state index in [-0.39, 0.29) is 5.78 Å². The molecule has 27 heavy (non-hydrogen) atoms. The van der Waals surface area contributed by atoms with Gasteiger partial charge in [-0.2, -0.15) is 0 Å². The quantitative estimate of drug-likeness (QED) is 0.534. The Balaban J connectivity index is 1.53. The van der Waals surface area contributed by atoms with Gasteiger partial charge in [0.15, 0.2) is 5.76 Å². The van der Waals surface area contributed by atoms with Crippen molar-refractivity contribution in [3.8, 4) is 11.5 Å². The third kappa shape index (κ3) is 3.53. The number of rotatable bonds is 4. The predicted molar refractivity (Wildman–Crippen MR) is 109 cm³/mol. The van der Waals surface area contributed by atoms with E-state index in [4.69, 9.17) is 9.47 Å². The normalized spacial score (nSPS) is 14.3. The Morgan fingerprint density at radius 2 is 1.89 bits per heavy atom. The van der Waals surface area contributed by atoms with E-state index in [2.05, 4.69) is 32.0 Å². The molecular formula is C23H20O3S. The summed E-state index contributed by atoms with van der Waals surface area (Å²) in [6.45, 7) is 6.65. The highest BCUT2D eigenvalue weighted by atomic mass is 32.1. The van der Waals surface area contributed by atoms with Gasteiger partial charge in [0.05, 0.1) is 5.56 Å². The van der Waals surface area contributed by atoms with E-state index in [1.807, 2.05) is 30.5 Å². The molecule has 0 bridgehead atoms. The average Bonchev–Trinajstić information content (AvgIpc) is 3.19. The monoisotopic (exact) mass is 376 g/mol. The van der Waals surface area contributed by atoms with Crippen LogP contribution in [0.1, 0.15) is 37.5 Å². The number of fused-ring (bicyclic) bond motifs is 1. The van der Waals surface area contributed by atoms with Crippen LogP contribution in [0.5, 0.6) is 11.5 Å². The maximum Gasteiger partial charge on any atom is 0.232 e. The number of ketones is 1. The summed E-state index contributed by atoms with van der Waals surface area (Å²) in [7, 11) is 0. The minimum Gasteiger partial charge on any atom is -0.489 e. The van der Waals surface area contributed by atoms with Gasteiger partial charge in [0.2, 0.25) is 5.78 Å².